The van der Waals surface area contributed by atoms with Gasteiger partial charge in [-0.2, -0.15) is 13.2 Å². The molecule has 0 amide bonds. The lowest BCUT2D eigenvalue weighted by molar-refractivity contribution is -0.187. The number of nitrogens with one attached hydrogen (secondary N) is 1. The summed E-state index contributed by atoms with van der Waals surface area (Å²) in [7, 11) is 0. The quantitative estimate of drug-likeness (QED) is 0.826. The van der Waals surface area contributed by atoms with E-state index in [9.17, 15) is 18.3 Å². The summed E-state index contributed by atoms with van der Waals surface area (Å²) in [6.45, 7) is 1.78. The van der Waals surface area contributed by atoms with Crippen molar-refractivity contribution in [2.75, 3.05) is 26.2 Å². The third kappa shape index (κ3) is 4.06. The van der Waals surface area contributed by atoms with Gasteiger partial charge in [-0.1, -0.05) is 30.3 Å². The van der Waals surface area contributed by atoms with Crippen molar-refractivity contribution in [2.45, 2.75) is 12.2 Å². The molecule has 2 N–H and O–H groups in total. The van der Waals surface area contributed by atoms with Crippen LogP contribution in [0.25, 0.3) is 10.8 Å². The average Bonchev–Trinajstić information content (AvgIpc) is 2.50. The molecule has 3 rings (SSSR count). The Hall–Kier alpha value is -1.21. The molecule has 0 bridgehead atoms. The number of alkyl halides is 3. The van der Waals surface area contributed by atoms with Gasteiger partial charge in [0.2, 0.25) is 0 Å². The van der Waals surface area contributed by atoms with E-state index in [-0.39, 0.29) is 36.1 Å². The number of rotatable bonds is 2. The molecule has 24 heavy (non-hydrogen) atoms. The molecule has 1 aliphatic heterocycles. The number of benzene rings is 2. The molecule has 3 nitrogen and oxygen atoms in total. The number of piperazine rings is 1. The van der Waals surface area contributed by atoms with E-state index in [0.29, 0.717) is 37.0 Å². The van der Waals surface area contributed by atoms with E-state index in [1.165, 1.54) is 17.0 Å². The topological polar surface area (TPSA) is 35.5 Å². The number of halogens is 5. The van der Waals surface area contributed by atoms with Crippen LogP contribution < -0.4 is 5.32 Å². The summed E-state index contributed by atoms with van der Waals surface area (Å²) in [6, 6.07) is 7.75. The highest BCUT2D eigenvalue weighted by atomic mass is 35.5. The van der Waals surface area contributed by atoms with Gasteiger partial charge in [-0.3, -0.25) is 4.90 Å². The highest BCUT2D eigenvalue weighted by Gasteiger charge is 2.45. The van der Waals surface area contributed by atoms with Crippen molar-refractivity contribution in [1.29, 1.82) is 0 Å². The first kappa shape index (κ1) is 20.8. The van der Waals surface area contributed by atoms with Crippen LogP contribution in [0.3, 0.4) is 0 Å². The standard InChI is InChI=1S/C16H17F3N2O.2ClH/c17-16(18,19)15(21-9-7-20-8-10-21)13-5-6-14(22)12-4-2-1-3-11(12)13;;/h1-6,15,20,22H,7-10H2;2*1H/t15-;;/m0../s1. The first-order valence-electron chi connectivity index (χ1n) is 7.20. The SMILES string of the molecule is Cl.Cl.Oc1ccc([C@H](N2CCNCC2)C(F)(F)F)c2ccccc12. The molecule has 134 valence electrons. The summed E-state index contributed by atoms with van der Waals surface area (Å²) < 4.78 is 41.1. The second-order valence-electron chi connectivity index (χ2n) is 5.45. The first-order valence-corrected chi connectivity index (χ1v) is 7.20. The van der Waals surface area contributed by atoms with Crippen molar-refractivity contribution in [3.63, 3.8) is 0 Å². The number of nitrogens with zero attached hydrogens (tertiary/aromatic N) is 1. The summed E-state index contributed by atoms with van der Waals surface area (Å²) >= 11 is 0. The summed E-state index contributed by atoms with van der Waals surface area (Å²) in [4.78, 5) is 1.45. The molecule has 2 aromatic rings. The molecule has 8 heteroatoms. The second-order valence-corrected chi connectivity index (χ2v) is 5.45. The van der Waals surface area contributed by atoms with Crippen LogP contribution in [0.5, 0.6) is 5.75 Å². The molecular formula is C16H19Cl2F3N2O. The largest absolute Gasteiger partial charge is 0.507 e. The molecule has 0 radical (unpaired) electrons. The van der Waals surface area contributed by atoms with Crippen molar-refractivity contribution in [3.05, 3.63) is 42.0 Å². The third-order valence-electron chi connectivity index (χ3n) is 4.06. The number of phenolic OH excluding ortho intramolecular Hbond substituents is 1. The van der Waals surface area contributed by atoms with E-state index in [2.05, 4.69) is 5.32 Å². The van der Waals surface area contributed by atoms with E-state index in [1.807, 2.05) is 0 Å². The highest BCUT2D eigenvalue weighted by Crippen LogP contribution is 2.42. The van der Waals surface area contributed by atoms with Crippen molar-refractivity contribution >= 4 is 35.6 Å². The fraction of sp³-hybridized carbons (Fsp3) is 0.375. The zero-order valence-corrected chi connectivity index (χ0v) is 14.3. The van der Waals surface area contributed by atoms with Crippen molar-refractivity contribution in [1.82, 2.24) is 10.2 Å². The molecule has 0 spiro atoms. The molecule has 0 unspecified atom stereocenters. The predicted octanol–water partition coefficient (Wildman–Crippen LogP) is 3.90. The maximum absolute atomic E-state index is 13.7. The van der Waals surface area contributed by atoms with E-state index < -0.39 is 12.2 Å². The first-order chi connectivity index (χ1) is 10.5. The van der Waals surface area contributed by atoms with Crippen LogP contribution in [0.1, 0.15) is 11.6 Å². The Morgan fingerprint density at radius 2 is 1.54 bits per heavy atom. The van der Waals surface area contributed by atoms with Gasteiger partial charge in [0.15, 0.2) is 0 Å². The maximum atomic E-state index is 13.7. The summed E-state index contributed by atoms with van der Waals surface area (Å²) in [5, 5.41) is 13.9. The van der Waals surface area contributed by atoms with Gasteiger partial charge in [0, 0.05) is 31.6 Å². The number of fused-ring (bicyclic) bond motifs is 1. The number of hydrogen-bond acceptors (Lipinski definition) is 3. The van der Waals surface area contributed by atoms with Crippen molar-refractivity contribution < 1.29 is 18.3 Å². The van der Waals surface area contributed by atoms with E-state index in [0.717, 1.165) is 0 Å². The van der Waals surface area contributed by atoms with Gasteiger partial charge in [-0.05, 0) is 17.0 Å². The molecular weight excluding hydrogens is 364 g/mol. The maximum Gasteiger partial charge on any atom is 0.408 e. The van der Waals surface area contributed by atoms with E-state index in [4.69, 9.17) is 0 Å². The van der Waals surface area contributed by atoms with Gasteiger partial charge >= 0.3 is 6.18 Å². The lowest BCUT2D eigenvalue weighted by Crippen LogP contribution is -2.49. The minimum absolute atomic E-state index is 0. The van der Waals surface area contributed by atoms with Crippen LogP contribution >= 0.6 is 24.8 Å². The van der Waals surface area contributed by atoms with Gasteiger partial charge in [-0.15, -0.1) is 24.8 Å². The minimum Gasteiger partial charge on any atom is -0.507 e. The number of phenols is 1. The Morgan fingerprint density at radius 3 is 2.12 bits per heavy atom. The molecule has 1 atom stereocenters. The van der Waals surface area contributed by atoms with E-state index >= 15 is 0 Å². The lowest BCUT2D eigenvalue weighted by Gasteiger charge is -2.36. The zero-order valence-electron chi connectivity index (χ0n) is 12.7. The van der Waals surface area contributed by atoms with Gasteiger partial charge in [0.25, 0.3) is 0 Å². The fourth-order valence-electron chi connectivity index (χ4n) is 3.07. The molecule has 2 aromatic carbocycles. The van der Waals surface area contributed by atoms with Gasteiger partial charge in [-0.25, -0.2) is 0 Å². The fourth-order valence-corrected chi connectivity index (χ4v) is 3.07. The zero-order chi connectivity index (χ0) is 15.7. The molecule has 1 aliphatic rings. The summed E-state index contributed by atoms with van der Waals surface area (Å²) in [6.07, 6.45) is -4.36. The third-order valence-corrected chi connectivity index (χ3v) is 4.06. The molecule has 1 heterocycles. The Morgan fingerprint density at radius 1 is 0.958 bits per heavy atom. The predicted molar refractivity (Wildman–Crippen MR) is 93.3 cm³/mol. The molecule has 0 saturated carbocycles. The highest BCUT2D eigenvalue weighted by molar-refractivity contribution is 5.91. The van der Waals surface area contributed by atoms with Gasteiger partial charge in [0.05, 0.1) is 0 Å². The van der Waals surface area contributed by atoms with Crippen LogP contribution in [-0.4, -0.2) is 42.4 Å². The van der Waals surface area contributed by atoms with Crippen LogP contribution in [0.15, 0.2) is 36.4 Å². The second kappa shape index (κ2) is 8.25. The minimum atomic E-state index is -4.36. The smallest absolute Gasteiger partial charge is 0.408 e. The lowest BCUT2D eigenvalue weighted by atomic mass is 9.96. The normalized spacial score (nSPS) is 17.0. The van der Waals surface area contributed by atoms with Crippen LogP contribution in [0.2, 0.25) is 0 Å². The van der Waals surface area contributed by atoms with Crippen molar-refractivity contribution in [3.8, 4) is 5.75 Å². The number of hydrogen-bond donors (Lipinski definition) is 2. The van der Waals surface area contributed by atoms with Crippen LogP contribution in [0, 0.1) is 0 Å². The molecule has 0 aromatic heterocycles. The summed E-state index contributed by atoms with van der Waals surface area (Å²) in [5.74, 6) is 0.000542. The molecule has 1 saturated heterocycles. The van der Waals surface area contributed by atoms with Crippen LogP contribution in [-0.2, 0) is 0 Å². The molecule has 1 fully saturated rings. The Balaban J connectivity index is 0.00000144. The van der Waals surface area contributed by atoms with Gasteiger partial charge in [0.1, 0.15) is 11.8 Å². The van der Waals surface area contributed by atoms with Crippen LogP contribution in [0.4, 0.5) is 13.2 Å². The Kier molecular flexibility index (Phi) is 7.16. The Bertz CT molecular complexity index is 676. The van der Waals surface area contributed by atoms with Gasteiger partial charge < -0.3 is 10.4 Å². The molecule has 0 aliphatic carbocycles. The summed E-state index contributed by atoms with van der Waals surface area (Å²) in [5.41, 5.74) is 0.197. The van der Waals surface area contributed by atoms with E-state index in [1.54, 1.807) is 24.3 Å². The Labute approximate surface area is 150 Å². The number of aromatic hydroxyl groups is 1. The monoisotopic (exact) mass is 382 g/mol. The van der Waals surface area contributed by atoms with Crippen molar-refractivity contribution in [2.24, 2.45) is 0 Å². The average molecular weight is 383 g/mol.